The first-order valence-corrected chi connectivity index (χ1v) is 5.45. The van der Waals surface area contributed by atoms with E-state index in [1.54, 1.807) is 19.5 Å². The number of para-hydroxylation sites is 1. The zero-order chi connectivity index (χ0) is 12.1. The summed E-state index contributed by atoms with van der Waals surface area (Å²) in [4.78, 5) is 0. The molecule has 0 saturated carbocycles. The Labute approximate surface area is 100 Å². The van der Waals surface area contributed by atoms with Gasteiger partial charge in [0, 0.05) is 12.2 Å². The van der Waals surface area contributed by atoms with Gasteiger partial charge in [0.25, 0.3) is 0 Å². The van der Waals surface area contributed by atoms with E-state index in [0.717, 1.165) is 23.3 Å². The van der Waals surface area contributed by atoms with Gasteiger partial charge in [-0.1, -0.05) is 18.2 Å². The number of hydrogen-bond acceptors (Lipinski definition) is 4. The lowest BCUT2D eigenvalue weighted by Gasteiger charge is -2.13. The molecule has 88 valence electrons. The first-order chi connectivity index (χ1) is 8.31. The monoisotopic (exact) mass is 229 g/mol. The number of methoxy groups -OCH3 is 1. The van der Waals surface area contributed by atoms with E-state index in [0.29, 0.717) is 0 Å². The Morgan fingerprint density at radius 2 is 2.06 bits per heavy atom. The second kappa shape index (κ2) is 5.41. The molecule has 0 aliphatic rings. The maximum atomic E-state index is 6.13. The van der Waals surface area contributed by atoms with E-state index >= 15 is 0 Å². The van der Waals surface area contributed by atoms with Crippen molar-refractivity contribution in [3.05, 3.63) is 53.9 Å². The highest BCUT2D eigenvalue weighted by atomic mass is 16.5. The van der Waals surface area contributed by atoms with Gasteiger partial charge in [-0.05, 0) is 29.7 Å². The van der Waals surface area contributed by atoms with Crippen LogP contribution in [0.4, 0.5) is 0 Å². The van der Waals surface area contributed by atoms with Gasteiger partial charge in [-0.2, -0.15) is 10.2 Å². The molecule has 2 N–H and O–H groups in total. The third kappa shape index (κ3) is 2.79. The Morgan fingerprint density at radius 1 is 1.24 bits per heavy atom. The zero-order valence-corrected chi connectivity index (χ0v) is 9.71. The number of ether oxygens (including phenoxy) is 1. The van der Waals surface area contributed by atoms with Crippen molar-refractivity contribution in [2.75, 3.05) is 7.11 Å². The van der Waals surface area contributed by atoms with Gasteiger partial charge in [-0.15, -0.1) is 0 Å². The molecule has 0 amide bonds. The molecule has 0 bridgehead atoms. The molecule has 1 aromatic carbocycles. The number of nitrogens with zero attached hydrogens (tertiary/aromatic N) is 2. The summed E-state index contributed by atoms with van der Waals surface area (Å²) in [5.41, 5.74) is 8.20. The van der Waals surface area contributed by atoms with E-state index in [1.807, 2.05) is 30.3 Å². The van der Waals surface area contributed by atoms with Crippen molar-refractivity contribution in [2.45, 2.75) is 12.5 Å². The van der Waals surface area contributed by atoms with E-state index in [-0.39, 0.29) is 6.04 Å². The van der Waals surface area contributed by atoms with Crippen LogP contribution in [0.15, 0.2) is 42.7 Å². The normalized spacial score (nSPS) is 12.1. The number of hydrogen-bond donors (Lipinski definition) is 1. The van der Waals surface area contributed by atoms with E-state index in [9.17, 15) is 0 Å². The van der Waals surface area contributed by atoms with Crippen LogP contribution in [0, 0.1) is 0 Å². The number of aromatic nitrogens is 2. The van der Waals surface area contributed by atoms with Crippen LogP contribution in [0.25, 0.3) is 0 Å². The van der Waals surface area contributed by atoms with E-state index < -0.39 is 0 Å². The van der Waals surface area contributed by atoms with Gasteiger partial charge in [0.15, 0.2) is 0 Å². The summed E-state index contributed by atoms with van der Waals surface area (Å²) in [6, 6.07) is 9.67. The summed E-state index contributed by atoms with van der Waals surface area (Å²) in [6.07, 6.45) is 4.06. The van der Waals surface area contributed by atoms with Crippen LogP contribution in [-0.4, -0.2) is 17.3 Å². The van der Waals surface area contributed by atoms with E-state index in [1.165, 1.54) is 0 Å². The fourth-order valence-electron chi connectivity index (χ4n) is 1.75. The number of benzene rings is 1. The Kier molecular flexibility index (Phi) is 3.67. The van der Waals surface area contributed by atoms with Gasteiger partial charge < -0.3 is 10.5 Å². The molecule has 4 heteroatoms. The number of nitrogens with two attached hydrogens (primary N) is 1. The lowest BCUT2D eigenvalue weighted by molar-refractivity contribution is 0.408. The van der Waals surface area contributed by atoms with Gasteiger partial charge in [0.05, 0.1) is 13.3 Å². The second-order valence-electron chi connectivity index (χ2n) is 3.80. The standard InChI is InChI=1S/C13H15N3O/c1-17-13-5-3-2-4-10(13)8-12(14)11-6-7-15-16-9-11/h2-7,9,12H,8,14H2,1H3. The highest BCUT2D eigenvalue weighted by molar-refractivity contribution is 5.34. The molecule has 2 rings (SSSR count). The van der Waals surface area contributed by atoms with Crippen LogP contribution < -0.4 is 10.5 Å². The highest BCUT2D eigenvalue weighted by Gasteiger charge is 2.10. The quantitative estimate of drug-likeness (QED) is 0.867. The summed E-state index contributed by atoms with van der Waals surface area (Å²) in [7, 11) is 1.67. The van der Waals surface area contributed by atoms with Gasteiger partial charge >= 0.3 is 0 Å². The molecule has 0 saturated heterocycles. The van der Waals surface area contributed by atoms with E-state index in [4.69, 9.17) is 10.5 Å². The average Bonchev–Trinajstić information content (AvgIpc) is 2.40. The van der Waals surface area contributed by atoms with Crippen LogP contribution in [0.2, 0.25) is 0 Å². The van der Waals surface area contributed by atoms with Crippen LogP contribution in [0.3, 0.4) is 0 Å². The molecular formula is C13H15N3O. The van der Waals surface area contributed by atoms with Gasteiger partial charge in [-0.25, -0.2) is 0 Å². The Bertz CT molecular complexity index is 473. The van der Waals surface area contributed by atoms with E-state index in [2.05, 4.69) is 10.2 Å². The lowest BCUT2D eigenvalue weighted by atomic mass is 10.0. The highest BCUT2D eigenvalue weighted by Crippen LogP contribution is 2.22. The molecule has 4 nitrogen and oxygen atoms in total. The van der Waals surface area contributed by atoms with Gasteiger partial charge in [-0.3, -0.25) is 0 Å². The predicted octanol–water partition coefficient (Wildman–Crippen LogP) is 1.73. The van der Waals surface area contributed by atoms with Crippen molar-refractivity contribution in [2.24, 2.45) is 5.73 Å². The Balaban J connectivity index is 2.16. The summed E-state index contributed by atoms with van der Waals surface area (Å²) in [5.74, 6) is 0.866. The maximum Gasteiger partial charge on any atom is 0.122 e. The molecule has 0 fully saturated rings. The third-order valence-electron chi connectivity index (χ3n) is 2.67. The van der Waals surface area contributed by atoms with Crippen LogP contribution in [0.1, 0.15) is 17.2 Å². The molecule has 2 aromatic rings. The van der Waals surface area contributed by atoms with Crippen molar-refractivity contribution in [1.82, 2.24) is 10.2 Å². The first-order valence-electron chi connectivity index (χ1n) is 5.45. The molecule has 0 spiro atoms. The molecule has 0 aliphatic heterocycles. The molecular weight excluding hydrogens is 214 g/mol. The van der Waals surface area contributed by atoms with Crippen LogP contribution in [-0.2, 0) is 6.42 Å². The second-order valence-corrected chi connectivity index (χ2v) is 3.80. The molecule has 0 aliphatic carbocycles. The minimum absolute atomic E-state index is 0.0956. The van der Waals surface area contributed by atoms with Gasteiger partial charge in [0.2, 0.25) is 0 Å². The summed E-state index contributed by atoms with van der Waals surface area (Å²) in [5, 5.41) is 7.57. The Hall–Kier alpha value is -1.94. The van der Waals surface area contributed by atoms with Crippen molar-refractivity contribution >= 4 is 0 Å². The fourth-order valence-corrected chi connectivity index (χ4v) is 1.75. The predicted molar refractivity (Wildman–Crippen MR) is 65.7 cm³/mol. The lowest BCUT2D eigenvalue weighted by Crippen LogP contribution is -2.14. The van der Waals surface area contributed by atoms with Crippen molar-refractivity contribution in [3.63, 3.8) is 0 Å². The average molecular weight is 229 g/mol. The van der Waals surface area contributed by atoms with Crippen molar-refractivity contribution < 1.29 is 4.74 Å². The molecule has 1 aromatic heterocycles. The van der Waals surface area contributed by atoms with Crippen molar-refractivity contribution in [3.8, 4) is 5.75 Å². The maximum absolute atomic E-state index is 6.13. The Morgan fingerprint density at radius 3 is 2.76 bits per heavy atom. The smallest absolute Gasteiger partial charge is 0.122 e. The molecule has 17 heavy (non-hydrogen) atoms. The molecule has 1 unspecified atom stereocenters. The topological polar surface area (TPSA) is 61.0 Å². The minimum Gasteiger partial charge on any atom is -0.496 e. The fraction of sp³-hybridized carbons (Fsp3) is 0.231. The van der Waals surface area contributed by atoms with Crippen molar-refractivity contribution in [1.29, 1.82) is 0 Å². The van der Waals surface area contributed by atoms with Crippen LogP contribution >= 0.6 is 0 Å². The van der Waals surface area contributed by atoms with Gasteiger partial charge in [0.1, 0.15) is 5.75 Å². The SMILES string of the molecule is COc1ccccc1CC(N)c1ccnnc1. The third-order valence-corrected chi connectivity index (χ3v) is 2.67. The van der Waals surface area contributed by atoms with Crippen LogP contribution in [0.5, 0.6) is 5.75 Å². The molecule has 1 atom stereocenters. The largest absolute Gasteiger partial charge is 0.496 e. The zero-order valence-electron chi connectivity index (χ0n) is 9.71. The minimum atomic E-state index is -0.0956. The molecule has 0 radical (unpaired) electrons. The summed E-state index contributed by atoms with van der Waals surface area (Å²) in [6.45, 7) is 0. The summed E-state index contributed by atoms with van der Waals surface area (Å²) < 4.78 is 5.30. The first kappa shape index (κ1) is 11.5. The molecule has 1 heterocycles. The number of rotatable bonds is 4. The summed E-state index contributed by atoms with van der Waals surface area (Å²) >= 11 is 0.